The molecule has 1 aliphatic heterocycles. The summed E-state index contributed by atoms with van der Waals surface area (Å²) >= 11 is 0. The lowest BCUT2D eigenvalue weighted by molar-refractivity contribution is -0.128. The fourth-order valence-electron chi connectivity index (χ4n) is 3.44. The van der Waals surface area contributed by atoms with E-state index >= 15 is 0 Å². The number of carbonyl (C=O) groups is 3. The number of rotatable bonds is 6. The van der Waals surface area contributed by atoms with E-state index in [1.165, 1.54) is 31.6 Å². The molecule has 0 unspecified atom stereocenters. The number of amides is 3. The van der Waals surface area contributed by atoms with Crippen molar-refractivity contribution in [2.45, 2.75) is 38.3 Å². The topological polar surface area (TPSA) is 104 Å². The molecule has 9 heteroatoms. The van der Waals surface area contributed by atoms with Crippen LogP contribution in [0.2, 0.25) is 0 Å². The maximum atomic E-state index is 14.0. The van der Waals surface area contributed by atoms with Crippen molar-refractivity contribution in [2.75, 3.05) is 13.1 Å². The fraction of sp³-hybridized carbons (Fsp3) is 0.381. The maximum Gasteiger partial charge on any atom is 0.274 e. The molecule has 2 heterocycles. The molecule has 3 rings (SSSR count). The summed E-state index contributed by atoms with van der Waals surface area (Å²) < 4.78 is 14.0. The second-order valence-electron chi connectivity index (χ2n) is 7.21. The molecular weight excluding hydrogens is 389 g/mol. The summed E-state index contributed by atoms with van der Waals surface area (Å²) in [6.07, 6.45) is 5.61. The number of nitrogens with one attached hydrogen (secondary N) is 2. The van der Waals surface area contributed by atoms with Gasteiger partial charge in [-0.1, -0.05) is 18.2 Å². The Balaban J connectivity index is 1.56. The van der Waals surface area contributed by atoms with E-state index in [9.17, 15) is 18.8 Å². The van der Waals surface area contributed by atoms with Crippen LogP contribution in [-0.4, -0.2) is 57.8 Å². The second kappa shape index (κ2) is 9.91. The van der Waals surface area contributed by atoms with Crippen molar-refractivity contribution < 1.29 is 18.8 Å². The molecule has 0 radical (unpaired) electrons. The molecule has 1 aliphatic rings. The van der Waals surface area contributed by atoms with Crippen molar-refractivity contribution in [2.24, 2.45) is 0 Å². The predicted molar refractivity (Wildman–Crippen MR) is 107 cm³/mol. The van der Waals surface area contributed by atoms with Gasteiger partial charge in [-0.2, -0.15) is 0 Å². The Morgan fingerprint density at radius 1 is 1.20 bits per heavy atom. The van der Waals surface area contributed by atoms with Crippen LogP contribution in [0.25, 0.3) is 0 Å². The molecule has 0 spiro atoms. The minimum absolute atomic E-state index is 0.0576. The number of likely N-dealkylation sites (tertiary alicyclic amines) is 1. The van der Waals surface area contributed by atoms with Crippen molar-refractivity contribution in [3.8, 4) is 0 Å². The smallest absolute Gasteiger partial charge is 0.274 e. The fourth-order valence-corrected chi connectivity index (χ4v) is 3.44. The standard InChI is InChI=1S/C21H24FN5O3/c1-14(28)25-18(12-15-4-2-3-5-17(15)22)20(29)26-16-6-10-27(11-7-16)21(30)19-13-23-8-9-24-19/h2-5,8-9,13,16,18H,6-7,10-12H2,1H3,(H,25,28)(H,26,29)/t18-/m1/s1. The average molecular weight is 413 g/mol. The van der Waals surface area contributed by atoms with Crippen LogP contribution < -0.4 is 10.6 Å². The summed E-state index contributed by atoms with van der Waals surface area (Å²) in [6.45, 7) is 2.26. The molecule has 1 saturated heterocycles. The third-order valence-electron chi connectivity index (χ3n) is 4.99. The number of carbonyl (C=O) groups excluding carboxylic acids is 3. The Morgan fingerprint density at radius 2 is 1.93 bits per heavy atom. The zero-order chi connectivity index (χ0) is 21.5. The minimum atomic E-state index is -0.876. The molecule has 0 saturated carbocycles. The summed E-state index contributed by atoms with van der Waals surface area (Å²) in [7, 11) is 0. The highest BCUT2D eigenvalue weighted by Gasteiger charge is 2.28. The van der Waals surface area contributed by atoms with Crippen LogP contribution in [-0.2, 0) is 16.0 Å². The van der Waals surface area contributed by atoms with E-state index in [1.54, 1.807) is 23.1 Å². The van der Waals surface area contributed by atoms with Gasteiger partial charge in [-0.25, -0.2) is 9.37 Å². The van der Waals surface area contributed by atoms with Crippen molar-refractivity contribution in [1.29, 1.82) is 0 Å². The molecule has 1 atom stereocenters. The van der Waals surface area contributed by atoms with Gasteiger partial charge in [0.05, 0.1) is 6.20 Å². The summed E-state index contributed by atoms with van der Waals surface area (Å²) in [6, 6.07) is 5.16. The summed E-state index contributed by atoms with van der Waals surface area (Å²) in [4.78, 5) is 46.4. The van der Waals surface area contributed by atoms with Gasteiger partial charge < -0.3 is 15.5 Å². The first kappa shape index (κ1) is 21.4. The first-order chi connectivity index (χ1) is 14.4. The largest absolute Gasteiger partial charge is 0.351 e. The van der Waals surface area contributed by atoms with Gasteiger partial charge in [0.1, 0.15) is 17.6 Å². The predicted octanol–water partition coefficient (Wildman–Crippen LogP) is 1.08. The quantitative estimate of drug-likeness (QED) is 0.738. The number of hydrogen-bond acceptors (Lipinski definition) is 5. The zero-order valence-corrected chi connectivity index (χ0v) is 16.7. The first-order valence-electron chi connectivity index (χ1n) is 9.80. The molecule has 8 nitrogen and oxygen atoms in total. The lowest BCUT2D eigenvalue weighted by atomic mass is 10.0. The highest BCUT2D eigenvalue weighted by Crippen LogP contribution is 2.14. The number of aromatic nitrogens is 2. The lowest BCUT2D eigenvalue weighted by Crippen LogP contribution is -2.53. The van der Waals surface area contributed by atoms with Crippen LogP contribution in [0.5, 0.6) is 0 Å². The number of benzene rings is 1. The molecule has 2 aromatic rings. The van der Waals surface area contributed by atoms with Crippen LogP contribution in [0.15, 0.2) is 42.9 Å². The number of halogens is 1. The van der Waals surface area contributed by atoms with Crippen LogP contribution in [0.3, 0.4) is 0 Å². The minimum Gasteiger partial charge on any atom is -0.351 e. The van der Waals surface area contributed by atoms with E-state index in [2.05, 4.69) is 20.6 Å². The van der Waals surface area contributed by atoms with Crippen molar-refractivity contribution in [3.63, 3.8) is 0 Å². The Labute approximate surface area is 173 Å². The van der Waals surface area contributed by atoms with Gasteiger partial charge in [-0.05, 0) is 24.5 Å². The van der Waals surface area contributed by atoms with Crippen LogP contribution in [0.4, 0.5) is 4.39 Å². The molecule has 3 amide bonds. The van der Waals surface area contributed by atoms with Crippen molar-refractivity contribution in [3.05, 3.63) is 59.9 Å². The monoisotopic (exact) mass is 413 g/mol. The normalized spacial score (nSPS) is 15.3. The molecular formula is C21H24FN5O3. The van der Waals surface area contributed by atoms with Gasteiger partial charge in [0.25, 0.3) is 5.91 Å². The third kappa shape index (κ3) is 5.59. The Hall–Kier alpha value is -3.36. The Kier molecular flexibility index (Phi) is 7.05. The number of hydrogen-bond donors (Lipinski definition) is 2. The molecule has 1 aromatic carbocycles. The van der Waals surface area contributed by atoms with E-state index < -0.39 is 11.9 Å². The molecule has 0 aliphatic carbocycles. The van der Waals surface area contributed by atoms with Crippen molar-refractivity contribution >= 4 is 17.7 Å². The van der Waals surface area contributed by atoms with E-state index in [0.717, 1.165) is 0 Å². The number of nitrogens with zero attached hydrogens (tertiary/aromatic N) is 3. The van der Waals surface area contributed by atoms with Gasteiger partial charge in [-0.15, -0.1) is 0 Å². The van der Waals surface area contributed by atoms with E-state index in [-0.39, 0.29) is 35.9 Å². The SMILES string of the molecule is CC(=O)N[C@H](Cc1ccccc1F)C(=O)NC1CCN(C(=O)c2cnccn2)CC1. The zero-order valence-electron chi connectivity index (χ0n) is 16.7. The summed E-state index contributed by atoms with van der Waals surface area (Å²) in [5.74, 6) is -1.34. The van der Waals surface area contributed by atoms with Crippen LogP contribution >= 0.6 is 0 Å². The summed E-state index contributed by atoms with van der Waals surface area (Å²) in [5, 5.41) is 5.52. The first-order valence-corrected chi connectivity index (χ1v) is 9.80. The molecule has 1 aromatic heterocycles. The van der Waals surface area contributed by atoms with Gasteiger partial charge in [-0.3, -0.25) is 19.4 Å². The number of piperidine rings is 1. The molecule has 0 bridgehead atoms. The summed E-state index contributed by atoms with van der Waals surface area (Å²) in [5.41, 5.74) is 0.645. The van der Waals surface area contributed by atoms with E-state index in [4.69, 9.17) is 0 Å². The van der Waals surface area contributed by atoms with Crippen LogP contribution in [0.1, 0.15) is 35.8 Å². The molecule has 1 fully saturated rings. The highest BCUT2D eigenvalue weighted by molar-refractivity contribution is 5.92. The van der Waals surface area contributed by atoms with Gasteiger partial charge in [0.2, 0.25) is 11.8 Å². The van der Waals surface area contributed by atoms with Gasteiger partial charge >= 0.3 is 0 Å². The maximum absolute atomic E-state index is 14.0. The third-order valence-corrected chi connectivity index (χ3v) is 4.99. The molecule has 2 N–H and O–H groups in total. The Morgan fingerprint density at radius 3 is 2.57 bits per heavy atom. The molecule has 30 heavy (non-hydrogen) atoms. The van der Waals surface area contributed by atoms with Crippen LogP contribution in [0, 0.1) is 5.82 Å². The van der Waals surface area contributed by atoms with Crippen molar-refractivity contribution in [1.82, 2.24) is 25.5 Å². The Bertz CT molecular complexity index is 901. The van der Waals surface area contributed by atoms with E-state index in [0.29, 0.717) is 31.5 Å². The van der Waals surface area contributed by atoms with Gasteiger partial charge in [0.15, 0.2) is 0 Å². The second-order valence-corrected chi connectivity index (χ2v) is 7.21. The molecule has 158 valence electrons. The van der Waals surface area contributed by atoms with Gasteiger partial charge in [0, 0.05) is 44.9 Å². The lowest BCUT2D eigenvalue weighted by Gasteiger charge is -2.33. The highest BCUT2D eigenvalue weighted by atomic mass is 19.1. The average Bonchev–Trinajstić information content (AvgIpc) is 2.75. The van der Waals surface area contributed by atoms with E-state index in [1.807, 2.05) is 0 Å².